The van der Waals surface area contributed by atoms with Crippen LogP contribution in [0.2, 0.25) is 10.4 Å². The minimum Gasteiger partial charge on any atom is -0.329 e. The van der Waals surface area contributed by atoms with Crippen molar-refractivity contribution in [2.24, 2.45) is 0 Å². The highest BCUT2D eigenvalue weighted by Gasteiger charge is 2.07. The highest BCUT2D eigenvalue weighted by molar-refractivity contribution is 6.32. The van der Waals surface area contributed by atoms with Crippen molar-refractivity contribution in [1.29, 1.82) is 0 Å². The Morgan fingerprint density at radius 3 is 2.38 bits per heavy atom. The van der Waals surface area contributed by atoms with Crippen LogP contribution in [-0.2, 0) is 0 Å². The summed E-state index contributed by atoms with van der Waals surface area (Å²) in [6.07, 6.45) is 0. The van der Waals surface area contributed by atoms with Crippen LogP contribution in [0.4, 0.5) is 11.5 Å². The fourth-order valence-electron chi connectivity index (χ4n) is 1.33. The number of rotatable bonds is 2. The van der Waals surface area contributed by atoms with Crippen molar-refractivity contribution in [3.8, 4) is 0 Å². The van der Waals surface area contributed by atoms with Crippen LogP contribution in [0.5, 0.6) is 0 Å². The van der Waals surface area contributed by atoms with E-state index in [1.807, 2.05) is 42.3 Å². The van der Waals surface area contributed by atoms with E-state index in [2.05, 4.69) is 9.97 Å². The fourth-order valence-corrected chi connectivity index (χ4v) is 1.73. The number of para-hydroxylation sites is 1. The van der Waals surface area contributed by atoms with Crippen LogP contribution in [0.15, 0.2) is 36.4 Å². The zero-order valence-corrected chi connectivity index (χ0v) is 10.1. The maximum Gasteiger partial charge on any atom is 0.225 e. The Morgan fingerprint density at radius 1 is 1.06 bits per heavy atom. The molecule has 0 aliphatic rings. The van der Waals surface area contributed by atoms with Crippen LogP contribution in [-0.4, -0.2) is 17.0 Å². The van der Waals surface area contributed by atoms with Gasteiger partial charge in [0.25, 0.3) is 0 Å². The summed E-state index contributed by atoms with van der Waals surface area (Å²) in [4.78, 5) is 9.80. The number of aromatic nitrogens is 2. The van der Waals surface area contributed by atoms with Gasteiger partial charge in [0.1, 0.15) is 11.0 Å². The molecule has 0 saturated carbocycles. The van der Waals surface area contributed by atoms with Crippen LogP contribution in [0, 0.1) is 0 Å². The molecule has 0 atom stereocenters. The van der Waals surface area contributed by atoms with Crippen molar-refractivity contribution in [2.75, 3.05) is 11.9 Å². The number of benzene rings is 1. The highest BCUT2D eigenvalue weighted by atomic mass is 35.5. The van der Waals surface area contributed by atoms with Crippen molar-refractivity contribution in [3.63, 3.8) is 0 Å². The van der Waals surface area contributed by atoms with Crippen LogP contribution >= 0.6 is 23.2 Å². The first kappa shape index (κ1) is 11.2. The molecule has 0 fully saturated rings. The van der Waals surface area contributed by atoms with Crippen molar-refractivity contribution in [3.05, 3.63) is 46.8 Å². The van der Waals surface area contributed by atoms with E-state index in [0.29, 0.717) is 11.0 Å². The smallest absolute Gasteiger partial charge is 0.225 e. The minimum absolute atomic E-state index is 0.144. The van der Waals surface area contributed by atoms with Gasteiger partial charge in [-0.2, -0.15) is 0 Å². The first-order valence-corrected chi connectivity index (χ1v) is 5.41. The van der Waals surface area contributed by atoms with Crippen LogP contribution < -0.4 is 4.90 Å². The van der Waals surface area contributed by atoms with Gasteiger partial charge in [-0.05, 0) is 23.7 Å². The number of nitrogens with zero attached hydrogens (tertiary/aromatic N) is 3. The average molecular weight is 254 g/mol. The van der Waals surface area contributed by atoms with Crippen LogP contribution in [0.25, 0.3) is 0 Å². The molecule has 1 aromatic carbocycles. The largest absolute Gasteiger partial charge is 0.329 e. The van der Waals surface area contributed by atoms with Crippen molar-refractivity contribution in [1.82, 2.24) is 9.97 Å². The molecule has 0 bridgehead atoms. The molecule has 0 aliphatic heterocycles. The molecule has 1 aromatic heterocycles. The van der Waals surface area contributed by atoms with E-state index < -0.39 is 0 Å². The summed E-state index contributed by atoms with van der Waals surface area (Å²) in [7, 11) is 1.89. The summed E-state index contributed by atoms with van der Waals surface area (Å²) < 4.78 is 0. The highest BCUT2D eigenvalue weighted by Crippen LogP contribution is 2.24. The van der Waals surface area contributed by atoms with Crippen molar-refractivity contribution < 1.29 is 0 Å². The van der Waals surface area contributed by atoms with Crippen LogP contribution in [0.3, 0.4) is 0 Å². The van der Waals surface area contributed by atoms with E-state index in [4.69, 9.17) is 23.2 Å². The molecule has 0 unspecified atom stereocenters. The summed E-state index contributed by atoms with van der Waals surface area (Å²) >= 11 is 11.6. The second-order valence-corrected chi connectivity index (χ2v) is 3.94. The van der Waals surface area contributed by atoms with Gasteiger partial charge in [-0.1, -0.05) is 29.8 Å². The quantitative estimate of drug-likeness (QED) is 0.606. The molecule has 5 heteroatoms. The third-order valence-corrected chi connectivity index (χ3v) is 2.50. The van der Waals surface area contributed by atoms with E-state index in [0.717, 1.165) is 5.69 Å². The molecule has 0 amide bonds. The molecule has 0 saturated heterocycles. The SMILES string of the molecule is CN(c1ccccc1)c1cc(Cl)nc(Cl)n1. The van der Waals surface area contributed by atoms with Crippen molar-refractivity contribution >= 4 is 34.7 Å². The molecule has 3 nitrogen and oxygen atoms in total. The van der Waals surface area contributed by atoms with E-state index in [9.17, 15) is 0 Å². The predicted octanol–water partition coefficient (Wildman–Crippen LogP) is 3.55. The zero-order chi connectivity index (χ0) is 11.5. The van der Waals surface area contributed by atoms with Gasteiger partial charge in [-0.25, -0.2) is 9.97 Å². The van der Waals surface area contributed by atoms with E-state index in [1.54, 1.807) is 6.07 Å². The molecule has 0 aliphatic carbocycles. The number of halogens is 2. The molecule has 2 aromatic rings. The molecule has 16 heavy (non-hydrogen) atoms. The van der Waals surface area contributed by atoms with Gasteiger partial charge in [0.15, 0.2) is 0 Å². The second kappa shape index (κ2) is 4.68. The normalized spacial score (nSPS) is 10.2. The van der Waals surface area contributed by atoms with Gasteiger partial charge in [0.05, 0.1) is 0 Å². The average Bonchev–Trinajstić information content (AvgIpc) is 2.28. The Morgan fingerprint density at radius 2 is 1.75 bits per heavy atom. The monoisotopic (exact) mass is 253 g/mol. The van der Waals surface area contributed by atoms with E-state index in [1.165, 1.54) is 0 Å². The van der Waals surface area contributed by atoms with Gasteiger partial charge in [-0.15, -0.1) is 0 Å². The number of hydrogen-bond acceptors (Lipinski definition) is 3. The lowest BCUT2D eigenvalue weighted by atomic mass is 10.3. The third-order valence-electron chi connectivity index (χ3n) is 2.14. The first-order valence-electron chi connectivity index (χ1n) is 4.65. The number of anilines is 2. The topological polar surface area (TPSA) is 29.0 Å². The molecular formula is C11H9Cl2N3. The minimum atomic E-state index is 0.144. The molecule has 82 valence electrons. The summed E-state index contributed by atoms with van der Waals surface area (Å²) in [5.41, 5.74) is 1.01. The molecule has 0 spiro atoms. The standard InChI is InChI=1S/C11H9Cl2N3/c1-16(8-5-3-2-4-6-8)10-7-9(12)14-11(13)15-10/h2-7H,1H3. The summed E-state index contributed by atoms with van der Waals surface area (Å²) in [6, 6.07) is 11.5. The fraction of sp³-hybridized carbons (Fsp3) is 0.0909. The van der Waals surface area contributed by atoms with E-state index >= 15 is 0 Å². The predicted molar refractivity (Wildman–Crippen MR) is 66.6 cm³/mol. The second-order valence-electron chi connectivity index (χ2n) is 3.21. The number of hydrogen-bond donors (Lipinski definition) is 0. The van der Waals surface area contributed by atoms with Crippen molar-refractivity contribution in [2.45, 2.75) is 0 Å². The molecule has 0 radical (unpaired) electrons. The van der Waals surface area contributed by atoms with Gasteiger partial charge < -0.3 is 4.90 Å². The molecular weight excluding hydrogens is 245 g/mol. The molecule has 1 heterocycles. The summed E-state index contributed by atoms with van der Waals surface area (Å²) in [5.74, 6) is 0.663. The van der Waals surface area contributed by atoms with Gasteiger partial charge in [0.2, 0.25) is 5.28 Å². The van der Waals surface area contributed by atoms with Gasteiger partial charge >= 0.3 is 0 Å². The Balaban J connectivity index is 2.37. The molecule has 0 N–H and O–H groups in total. The van der Waals surface area contributed by atoms with E-state index in [-0.39, 0.29) is 5.28 Å². The Hall–Kier alpha value is -1.32. The summed E-state index contributed by atoms with van der Waals surface area (Å²) in [6.45, 7) is 0. The third kappa shape index (κ3) is 2.43. The lowest BCUT2D eigenvalue weighted by Gasteiger charge is -2.18. The maximum absolute atomic E-state index is 5.82. The Bertz CT molecular complexity index is 468. The Labute approximate surface area is 104 Å². The lowest BCUT2D eigenvalue weighted by Crippen LogP contribution is -2.11. The first-order chi connectivity index (χ1) is 7.66. The molecule has 2 rings (SSSR count). The maximum atomic E-state index is 5.82. The zero-order valence-electron chi connectivity index (χ0n) is 8.56. The van der Waals surface area contributed by atoms with Gasteiger partial charge in [0, 0.05) is 18.8 Å². The van der Waals surface area contributed by atoms with Gasteiger partial charge in [-0.3, -0.25) is 0 Å². The van der Waals surface area contributed by atoms with Crippen LogP contribution in [0.1, 0.15) is 0 Å². The Kier molecular flexibility index (Phi) is 3.27. The lowest BCUT2D eigenvalue weighted by molar-refractivity contribution is 1.08. The summed E-state index contributed by atoms with van der Waals surface area (Å²) in [5, 5.41) is 0.475.